The van der Waals surface area contributed by atoms with Gasteiger partial charge in [0.25, 0.3) is 0 Å². The molecule has 4 N–H and O–H groups in total. The first kappa shape index (κ1) is 14.4. The second-order valence-corrected chi connectivity index (χ2v) is 3.34. The fraction of sp³-hybridized carbons (Fsp3) is 0.667. The maximum atomic E-state index is 11.5. The Kier molecular flexibility index (Phi) is 6.86. The minimum Gasteiger partial charge on any atom is -0.480 e. The molecular formula is C9H16N2O5. The number of rotatable bonds is 7. The lowest BCUT2D eigenvalue weighted by Gasteiger charge is -2.13. The molecule has 0 aromatic rings. The maximum Gasteiger partial charge on any atom is 0.322 e. The van der Waals surface area contributed by atoms with Crippen LogP contribution in [0, 0.1) is 5.92 Å². The van der Waals surface area contributed by atoms with Gasteiger partial charge in [-0.3, -0.25) is 19.6 Å². The number of hydrogen-bond donors (Lipinski definition) is 4. The van der Waals surface area contributed by atoms with Crippen molar-refractivity contribution < 1.29 is 24.7 Å². The van der Waals surface area contributed by atoms with E-state index in [4.69, 9.17) is 10.3 Å². The molecule has 16 heavy (non-hydrogen) atoms. The summed E-state index contributed by atoms with van der Waals surface area (Å²) in [6.45, 7) is 1.37. The van der Waals surface area contributed by atoms with Gasteiger partial charge < -0.3 is 10.4 Å². The van der Waals surface area contributed by atoms with Crippen LogP contribution >= 0.6 is 0 Å². The van der Waals surface area contributed by atoms with Crippen LogP contribution in [-0.4, -0.2) is 34.6 Å². The fourth-order valence-corrected chi connectivity index (χ4v) is 1.25. The minimum atomic E-state index is -1.14. The van der Waals surface area contributed by atoms with E-state index in [1.807, 2.05) is 6.92 Å². The Morgan fingerprint density at radius 1 is 1.31 bits per heavy atom. The first-order valence-corrected chi connectivity index (χ1v) is 4.93. The average molecular weight is 232 g/mol. The zero-order chi connectivity index (χ0) is 12.6. The van der Waals surface area contributed by atoms with Crippen molar-refractivity contribution in [3.63, 3.8) is 0 Å². The highest BCUT2D eigenvalue weighted by Crippen LogP contribution is 2.11. The summed E-state index contributed by atoms with van der Waals surface area (Å²) in [5.74, 6) is -2.91. The number of amides is 2. The molecule has 0 aliphatic carbocycles. The summed E-state index contributed by atoms with van der Waals surface area (Å²) in [4.78, 5) is 32.6. The van der Waals surface area contributed by atoms with Crippen LogP contribution < -0.4 is 10.8 Å². The van der Waals surface area contributed by atoms with Gasteiger partial charge in [0.1, 0.15) is 6.54 Å². The fourth-order valence-electron chi connectivity index (χ4n) is 1.25. The molecular weight excluding hydrogens is 216 g/mol. The number of hydroxylamine groups is 1. The molecule has 0 radical (unpaired) electrons. The van der Waals surface area contributed by atoms with E-state index in [9.17, 15) is 14.4 Å². The first-order valence-electron chi connectivity index (χ1n) is 4.93. The van der Waals surface area contributed by atoms with E-state index in [0.29, 0.717) is 12.8 Å². The van der Waals surface area contributed by atoms with Gasteiger partial charge in [0.15, 0.2) is 0 Å². The van der Waals surface area contributed by atoms with Gasteiger partial charge in [-0.1, -0.05) is 13.3 Å². The number of nitrogens with one attached hydrogen (secondary N) is 2. The van der Waals surface area contributed by atoms with Crippen LogP contribution in [-0.2, 0) is 14.4 Å². The molecule has 0 aliphatic heterocycles. The molecule has 7 heteroatoms. The SMILES string of the molecule is CCCC(CC(=O)NO)C(=O)NCC(=O)O. The van der Waals surface area contributed by atoms with Crippen molar-refractivity contribution in [3.8, 4) is 0 Å². The van der Waals surface area contributed by atoms with Crippen molar-refractivity contribution in [2.24, 2.45) is 5.92 Å². The van der Waals surface area contributed by atoms with Crippen molar-refractivity contribution >= 4 is 17.8 Å². The molecule has 1 atom stereocenters. The second kappa shape index (κ2) is 7.63. The standard InChI is InChI=1S/C9H16N2O5/c1-2-3-6(4-7(12)11-16)9(15)10-5-8(13)14/h6,16H,2-5H2,1H3,(H,10,15)(H,11,12)(H,13,14). The Bertz CT molecular complexity index is 267. The van der Waals surface area contributed by atoms with Gasteiger partial charge in [-0.15, -0.1) is 0 Å². The monoisotopic (exact) mass is 232 g/mol. The molecule has 0 heterocycles. The summed E-state index contributed by atoms with van der Waals surface area (Å²) >= 11 is 0. The van der Waals surface area contributed by atoms with E-state index < -0.39 is 30.2 Å². The van der Waals surface area contributed by atoms with Gasteiger partial charge in [0.2, 0.25) is 11.8 Å². The highest BCUT2D eigenvalue weighted by atomic mass is 16.5. The number of carbonyl (C=O) groups is 3. The smallest absolute Gasteiger partial charge is 0.322 e. The molecule has 0 rings (SSSR count). The Morgan fingerprint density at radius 3 is 2.38 bits per heavy atom. The van der Waals surface area contributed by atoms with Crippen molar-refractivity contribution in [2.45, 2.75) is 26.2 Å². The molecule has 0 saturated heterocycles. The number of aliphatic carboxylic acids is 1. The topological polar surface area (TPSA) is 116 Å². The summed E-state index contributed by atoms with van der Waals surface area (Å²) in [6.07, 6.45) is 0.985. The van der Waals surface area contributed by atoms with Crippen LogP contribution in [0.4, 0.5) is 0 Å². The molecule has 0 aromatic heterocycles. The van der Waals surface area contributed by atoms with Crippen molar-refractivity contribution in [1.29, 1.82) is 0 Å². The van der Waals surface area contributed by atoms with Gasteiger partial charge in [-0.05, 0) is 6.42 Å². The quantitative estimate of drug-likeness (QED) is 0.349. The number of carboxylic acids is 1. The molecule has 1 unspecified atom stereocenters. The van der Waals surface area contributed by atoms with E-state index in [-0.39, 0.29) is 6.42 Å². The van der Waals surface area contributed by atoms with Crippen LogP contribution in [0.5, 0.6) is 0 Å². The zero-order valence-electron chi connectivity index (χ0n) is 9.02. The lowest BCUT2D eigenvalue weighted by molar-refractivity contribution is -0.139. The summed E-state index contributed by atoms with van der Waals surface area (Å²) in [5.41, 5.74) is 1.44. The van der Waals surface area contributed by atoms with Gasteiger partial charge >= 0.3 is 5.97 Å². The highest BCUT2D eigenvalue weighted by molar-refractivity contribution is 5.87. The van der Waals surface area contributed by atoms with Gasteiger partial charge in [0.05, 0.1) is 0 Å². The Balaban J connectivity index is 4.22. The summed E-state index contributed by atoms with van der Waals surface area (Å²) in [7, 11) is 0. The summed E-state index contributed by atoms with van der Waals surface area (Å²) < 4.78 is 0. The molecule has 0 saturated carbocycles. The van der Waals surface area contributed by atoms with E-state index in [1.54, 1.807) is 0 Å². The molecule has 0 aromatic carbocycles. The van der Waals surface area contributed by atoms with Crippen LogP contribution in [0.25, 0.3) is 0 Å². The zero-order valence-corrected chi connectivity index (χ0v) is 9.02. The Labute approximate surface area is 92.8 Å². The van der Waals surface area contributed by atoms with Crippen LogP contribution in [0.15, 0.2) is 0 Å². The van der Waals surface area contributed by atoms with E-state index in [0.717, 1.165) is 0 Å². The van der Waals surface area contributed by atoms with Gasteiger partial charge in [0, 0.05) is 12.3 Å². The minimum absolute atomic E-state index is 0.157. The maximum absolute atomic E-state index is 11.5. The Hall–Kier alpha value is -1.63. The van der Waals surface area contributed by atoms with Gasteiger partial charge in [-0.25, -0.2) is 5.48 Å². The largest absolute Gasteiger partial charge is 0.480 e. The lowest BCUT2D eigenvalue weighted by atomic mass is 9.98. The molecule has 0 spiro atoms. The Morgan fingerprint density at radius 2 is 1.94 bits per heavy atom. The third-order valence-electron chi connectivity index (χ3n) is 1.98. The molecule has 0 aliphatic rings. The molecule has 7 nitrogen and oxygen atoms in total. The van der Waals surface area contributed by atoms with E-state index in [2.05, 4.69) is 5.32 Å². The third-order valence-corrected chi connectivity index (χ3v) is 1.98. The molecule has 0 fully saturated rings. The van der Waals surface area contributed by atoms with E-state index >= 15 is 0 Å². The molecule has 0 bridgehead atoms. The number of carboxylic acid groups (broad SMARTS) is 1. The van der Waals surface area contributed by atoms with Crippen molar-refractivity contribution in [3.05, 3.63) is 0 Å². The predicted molar refractivity (Wildman–Crippen MR) is 53.6 cm³/mol. The number of hydrogen-bond acceptors (Lipinski definition) is 4. The highest BCUT2D eigenvalue weighted by Gasteiger charge is 2.21. The molecule has 92 valence electrons. The number of carbonyl (C=O) groups excluding carboxylic acids is 2. The summed E-state index contributed by atoms with van der Waals surface area (Å²) in [5, 5.41) is 18.9. The average Bonchev–Trinajstić information content (AvgIpc) is 2.24. The normalized spacial score (nSPS) is 11.6. The van der Waals surface area contributed by atoms with Gasteiger partial charge in [-0.2, -0.15) is 0 Å². The van der Waals surface area contributed by atoms with Crippen molar-refractivity contribution in [1.82, 2.24) is 10.8 Å². The second-order valence-electron chi connectivity index (χ2n) is 3.34. The third kappa shape index (κ3) is 5.97. The first-order chi connectivity index (χ1) is 7.51. The summed E-state index contributed by atoms with van der Waals surface area (Å²) in [6, 6.07) is 0. The van der Waals surface area contributed by atoms with Crippen LogP contribution in [0.1, 0.15) is 26.2 Å². The lowest BCUT2D eigenvalue weighted by Crippen LogP contribution is -2.36. The van der Waals surface area contributed by atoms with Crippen LogP contribution in [0.2, 0.25) is 0 Å². The van der Waals surface area contributed by atoms with Crippen molar-refractivity contribution in [2.75, 3.05) is 6.54 Å². The predicted octanol–water partition coefficient (Wildman–Crippen LogP) is -0.501. The molecule has 2 amide bonds. The van der Waals surface area contributed by atoms with E-state index in [1.165, 1.54) is 5.48 Å². The van der Waals surface area contributed by atoms with Crippen LogP contribution in [0.3, 0.4) is 0 Å².